The number of nitrogens with two attached hydrogens (primary N) is 1. The average molecular weight is 246 g/mol. The van der Waals surface area contributed by atoms with Crippen molar-refractivity contribution in [3.63, 3.8) is 0 Å². The Kier molecular flexibility index (Phi) is 6.67. The molecule has 0 spiro atoms. The zero-order chi connectivity index (χ0) is 13.5. The number of carbonyl (C=O) groups is 1. The molecule has 0 aromatic heterocycles. The van der Waals surface area contributed by atoms with Gasteiger partial charge in [-0.1, -0.05) is 6.92 Å². The van der Waals surface area contributed by atoms with E-state index in [1.807, 2.05) is 20.8 Å². The maximum atomic E-state index is 11.3. The number of likely N-dealkylation sites (N-methyl/N-ethyl adjacent to an activating group) is 1. The zero-order valence-electron chi connectivity index (χ0n) is 11.6. The van der Waals surface area contributed by atoms with Gasteiger partial charge in [0, 0.05) is 13.7 Å². The third-order valence-electron chi connectivity index (χ3n) is 2.90. The van der Waals surface area contributed by atoms with Crippen LogP contribution < -0.4 is 11.1 Å². The van der Waals surface area contributed by atoms with Gasteiger partial charge in [-0.15, -0.1) is 0 Å². The summed E-state index contributed by atoms with van der Waals surface area (Å²) in [5.74, 6) is -0.398. The summed E-state index contributed by atoms with van der Waals surface area (Å²) in [6.07, 6.45) is 0.768. The van der Waals surface area contributed by atoms with E-state index in [1.54, 1.807) is 14.0 Å². The highest BCUT2D eigenvalue weighted by Crippen LogP contribution is 2.13. The number of methoxy groups -OCH3 is 1. The van der Waals surface area contributed by atoms with Gasteiger partial charge >= 0.3 is 0 Å². The predicted molar refractivity (Wildman–Crippen MR) is 67.8 cm³/mol. The highest BCUT2D eigenvalue weighted by atomic mass is 16.5. The van der Waals surface area contributed by atoms with Gasteiger partial charge in [0.2, 0.25) is 5.91 Å². The first kappa shape index (κ1) is 16.4. The van der Waals surface area contributed by atoms with Gasteiger partial charge in [0.1, 0.15) is 5.54 Å². The van der Waals surface area contributed by atoms with Gasteiger partial charge in [-0.2, -0.15) is 0 Å². The minimum atomic E-state index is -0.800. The van der Waals surface area contributed by atoms with E-state index < -0.39 is 11.4 Å². The highest BCUT2D eigenvalue weighted by Gasteiger charge is 2.30. The van der Waals surface area contributed by atoms with Crippen LogP contribution >= 0.6 is 0 Å². The first-order chi connectivity index (χ1) is 7.77. The summed E-state index contributed by atoms with van der Waals surface area (Å²) in [4.78, 5) is 11.3. The standard InChI is InChI=1S/C12H26N2O3/c1-6-14-12(4,10(13)15)9-17-8-7-11(2,3)16-5/h14H,6-9H2,1-5H3,(H2,13,15). The second kappa shape index (κ2) is 6.93. The van der Waals surface area contributed by atoms with Gasteiger partial charge in [-0.05, 0) is 33.7 Å². The van der Waals surface area contributed by atoms with Gasteiger partial charge in [0.05, 0.1) is 12.2 Å². The van der Waals surface area contributed by atoms with Gasteiger partial charge in [0.15, 0.2) is 0 Å². The Hall–Kier alpha value is -0.650. The fraction of sp³-hybridized carbons (Fsp3) is 0.917. The molecule has 1 unspecified atom stereocenters. The minimum absolute atomic E-state index is 0.207. The summed E-state index contributed by atoms with van der Waals surface area (Å²) in [7, 11) is 1.67. The fourth-order valence-corrected chi connectivity index (χ4v) is 1.30. The van der Waals surface area contributed by atoms with E-state index in [4.69, 9.17) is 15.2 Å². The monoisotopic (exact) mass is 246 g/mol. The molecule has 0 aliphatic rings. The second-order valence-electron chi connectivity index (χ2n) is 4.99. The second-order valence-corrected chi connectivity index (χ2v) is 4.99. The van der Waals surface area contributed by atoms with Crippen LogP contribution in [0.15, 0.2) is 0 Å². The summed E-state index contributed by atoms with van der Waals surface area (Å²) in [5.41, 5.74) is 4.34. The number of ether oxygens (including phenoxy) is 2. The third-order valence-corrected chi connectivity index (χ3v) is 2.90. The summed E-state index contributed by atoms with van der Waals surface area (Å²) in [5, 5.41) is 3.04. The molecule has 17 heavy (non-hydrogen) atoms. The Morgan fingerprint density at radius 1 is 1.35 bits per heavy atom. The topological polar surface area (TPSA) is 73.6 Å². The van der Waals surface area contributed by atoms with E-state index >= 15 is 0 Å². The Labute approximate surface area is 104 Å². The van der Waals surface area contributed by atoms with Crippen LogP contribution in [0.4, 0.5) is 0 Å². The SMILES string of the molecule is CCNC(C)(COCCC(C)(C)OC)C(N)=O. The highest BCUT2D eigenvalue weighted by molar-refractivity contribution is 5.84. The molecule has 0 saturated heterocycles. The van der Waals surface area contributed by atoms with Crippen molar-refractivity contribution in [3.8, 4) is 0 Å². The number of primary amides is 1. The van der Waals surface area contributed by atoms with Crippen LogP contribution in [0.3, 0.4) is 0 Å². The van der Waals surface area contributed by atoms with Crippen molar-refractivity contribution in [1.29, 1.82) is 0 Å². The van der Waals surface area contributed by atoms with Gasteiger partial charge in [0.25, 0.3) is 0 Å². The van der Waals surface area contributed by atoms with E-state index in [-0.39, 0.29) is 12.2 Å². The first-order valence-electron chi connectivity index (χ1n) is 5.95. The average Bonchev–Trinajstić information content (AvgIpc) is 2.25. The molecule has 1 atom stereocenters. The van der Waals surface area contributed by atoms with Crippen LogP contribution in [0.25, 0.3) is 0 Å². The van der Waals surface area contributed by atoms with E-state index in [0.717, 1.165) is 6.42 Å². The lowest BCUT2D eigenvalue weighted by molar-refractivity contribution is -0.126. The Morgan fingerprint density at radius 3 is 2.35 bits per heavy atom. The number of carbonyl (C=O) groups excluding carboxylic acids is 1. The molecular formula is C12H26N2O3. The summed E-state index contributed by atoms with van der Waals surface area (Å²) in [6.45, 7) is 9.15. The van der Waals surface area contributed by atoms with Crippen molar-refractivity contribution in [3.05, 3.63) is 0 Å². The minimum Gasteiger partial charge on any atom is -0.379 e. The van der Waals surface area contributed by atoms with Crippen molar-refractivity contribution in [2.24, 2.45) is 5.73 Å². The number of amides is 1. The summed E-state index contributed by atoms with van der Waals surface area (Å²) < 4.78 is 10.8. The molecule has 0 heterocycles. The summed E-state index contributed by atoms with van der Waals surface area (Å²) in [6, 6.07) is 0. The van der Waals surface area contributed by atoms with E-state index in [1.165, 1.54) is 0 Å². The van der Waals surface area contributed by atoms with Crippen molar-refractivity contribution in [2.75, 3.05) is 26.9 Å². The van der Waals surface area contributed by atoms with Crippen molar-refractivity contribution < 1.29 is 14.3 Å². The van der Waals surface area contributed by atoms with Crippen LogP contribution in [0.2, 0.25) is 0 Å². The molecule has 5 nitrogen and oxygen atoms in total. The first-order valence-corrected chi connectivity index (χ1v) is 5.95. The molecule has 0 fully saturated rings. The Morgan fingerprint density at radius 2 is 1.94 bits per heavy atom. The van der Waals surface area contributed by atoms with Crippen molar-refractivity contribution in [2.45, 2.75) is 45.3 Å². The normalized spacial score (nSPS) is 15.6. The molecule has 3 N–H and O–H groups in total. The maximum Gasteiger partial charge on any atom is 0.239 e. The molecule has 0 saturated carbocycles. The molecule has 0 aliphatic heterocycles. The third kappa shape index (κ3) is 6.00. The van der Waals surface area contributed by atoms with E-state index in [0.29, 0.717) is 13.2 Å². The molecule has 5 heteroatoms. The molecular weight excluding hydrogens is 220 g/mol. The van der Waals surface area contributed by atoms with Crippen LogP contribution in [0.5, 0.6) is 0 Å². The van der Waals surface area contributed by atoms with E-state index in [9.17, 15) is 4.79 Å². The predicted octanol–water partition coefficient (Wildman–Crippen LogP) is 0.672. The lowest BCUT2D eigenvalue weighted by atomic mass is 10.0. The number of hydrogen-bond acceptors (Lipinski definition) is 4. The lowest BCUT2D eigenvalue weighted by Gasteiger charge is -2.28. The van der Waals surface area contributed by atoms with Crippen LogP contribution in [0, 0.1) is 0 Å². The van der Waals surface area contributed by atoms with E-state index in [2.05, 4.69) is 5.32 Å². The largest absolute Gasteiger partial charge is 0.379 e. The molecule has 0 rings (SSSR count). The number of hydrogen-bond donors (Lipinski definition) is 2. The summed E-state index contributed by atoms with van der Waals surface area (Å²) >= 11 is 0. The molecule has 102 valence electrons. The van der Waals surface area contributed by atoms with Gasteiger partial charge in [-0.25, -0.2) is 0 Å². The van der Waals surface area contributed by atoms with Crippen LogP contribution in [0.1, 0.15) is 34.1 Å². The molecule has 0 aromatic rings. The number of rotatable bonds is 9. The van der Waals surface area contributed by atoms with Crippen LogP contribution in [-0.2, 0) is 14.3 Å². The Bertz CT molecular complexity index is 244. The molecule has 0 bridgehead atoms. The lowest BCUT2D eigenvalue weighted by Crippen LogP contribution is -2.56. The zero-order valence-corrected chi connectivity index (χ0v) is 11.6. The van der Waals surface area contributed by atoms with Crippen molar-refractivity contribution in [1.82, 2.24) is 5.32 Å². The van der Waals surface area contributed by atoms with Crippen LogP contribution in [-0.4, -0.2) is 43.9 Å². The molecule has 0 aromatic carbocycles. The molecule has 1 amide bonds. The van der Waals surface area contributed by atoms with Gasteiger partial charge in [-0.3, -0.25) is 4.79 Å². The van der Waals surface area contributed by atoms with Gasteiger partial charge < -0.3 is 20.5 Å². The number of nitrogens with one attached hydrogen (secondary N) is 1. The quantitative estimate of drug-likeness (QED) is 0.587. The maximum absolute atomic E-state index is 11.3. The fourth-order valence-electron chi connectivity index (χ4n) is 1.30. The Balaban J connectivity index is 4.04. The molecule has 0 aliphatic carbocycles. The van der Waals surface area contributed by atoms with Crippen molar-refractivity contribution >= 4 is 5.91 Å². The molecule has 0 radical (unpaired) electrons. The smallest absolute Gasteiger partial charge is 0.239 e.